The van der Waals surface area contributed by atoms with E-state index in [9.17, 15) is 24.8 Å². The van der Waals surface area contributed by atoms with Crippen molar-refractivity contribution < 1.29 is 19.6 Å². The van der Waals surface area contributed by atoms with Gasteiger partial charge in [-0.25, -0.2) is 4.79 Å². The first-order chi connectivity index (χ1) is 19.2. The van der Waals surface area contributed by atoms with Gasteiger partial charge in [-0.05, 0) is 56.2 Å². The minimum atomic E-state index is -1.13. The van der Waals surface area contributed by atoms with Crippen LogP contribution in [0, 0.1) is 10.1 Å². The number of primary amides is 1. The van der Waals surface area contributed by atoms with Crippen LogP contribution in [0.5, 0.6) is 0 Å². The maximum absolute atomic E-state index is 13.3. The summed E-state index contributed by atoms with van der Waals surface area (Å²) in [7, 11) is 3.75. The van der Waals surface area contributed by atoms with E-state index in [2.05, 4.69) is 5.32 Å². The van der Waals surface area contributed by atoms with Crippen LogP contribution >= 0.6 is 0 Å². The minimum Gasteiger partial charge on any atom is -0.395 e. The quantitative estimate of drug-likeness (QED) is 0.209. The highest BCUT2D eigenvalue weighted by Crippen LogP contribution is 2.35. The molecule has 3 rings (SSSR count). The van der Waals surface area contributed by atoms with Gasteiger partial charge in [-0.15, -0.1) is 0 Å². The van der Waals surface area contributed by atoms with Crippen molar-refractivity contribution in [1.82, 2.24) is 15.1 Å². The third-order valence-corrected chi connectivity index (χ3v) is 6.78. The lowest BCUT2D eigenvalue weighted by molar-refractivity contribution is -0.384. The highest BCUT2D eigenvalue weighted by molar-refractivity contribution is 5.87. The number of nitrogens with zero attached hydrogens (tertiary/aromatic N) is 3. The number of hydrogen-bond acceptors (Lipinski definition) is 6. The normalized spacial score (nSPS) is 12.5. The molecule has 0 radical (unpaired) electrons. The number of aliphatic hydroxyl groups excluding tert-OH is 1. The molecule has 3 amide bonds. The van der Waals surface area contributed by atoms with Gasteiger partial charge in [0.05, 0.1) is 17.1 Å². The molecule has 3 aromatic rings. The Morgan fingerprint density at radius 3 is 2.20 bits per heavy atom. The van der Waals surface area contributed by atoms with E-state index >= 15 is 0 Å². The lowest BCUT2D eigenvalue weighted by Gasteiger charge is -2.30. The molecule has 0 heterocycles. The van der Waals surface area contributed by atoms with Gasteiger partial charge < -0.3 is 26.0 Å². The summed E-state index contributed by atoms with van der Waals surface area (Å²) >= 11 is 0. The van der Waals surface area contributed by atoms with Crippen LogP contribution in [0.25, 0.3) is 11.1 Å². The molecule has 0 fully saturated rings. The fraction of sp³-hybridized carbons (Fsp3) is 0.333. The van der Waals surface area contributed by atoms with Gasteiger partial charge in [0.1, 0.15) is 6.04 Å². The van der Waals surface area contributed by atoms with Gasteiger partial charge in [-0.1, -0.05) is 66.7 Å². The Balaban J connectivity index is 1.92. The summed E-state index contributed by atoms with van der Waals surface area (Å²) < 4.78 is 0. The molecule has 40 heavy (non-hydrogen) atoms. The average Bonchev–Trinajstić information content (AvgIpc) is 2.95. The Morgan fingerprint density at radius 2 is 1.62 bits per heavy atom. The first-order valence-electron chi connectivity index (χ1n) is 13.2. The van der Waals surface area contributed by atoms with E-state index in [0.29, 0.717) is 42.6 Å². The second-order valence-electron chi connectivity index (χ2n) is 9.87. The molecule has 0 bridgehead atoms. The highest BCUT2D eigenvalue weighted by atomic mass is 16.6. The molecule has 2 atom stereocenters. The first-order valence-corrected chi connectivity index (χ1v) is 13.2. The Morgan fingerprint density at radius 1 is 0.975 bits per heavy atom. The lowest BCUT2D eigenvalue weighted by Crippen LogP contribution is -2.53. The van der Waals surface area contributed by atoms with Gasteiger partial charge in [0, 0.05) is 25.1 Å². The van der Waals surface area contributed by atoms with E-state index in [0.717, 1.165) is 5.56 Å². The van der Waals surface area contributed by atoms with Gasteiger partial charge in [0.25, 0.3) is 5.69 Å². The molecule has 212 valence electrons. The van der Waals surface area contributed by atoms with Crippen molar-refractivity contribution in [2.45, 2.75) is 24.8 Å². The van der Waals surface area contributed by atoms with Gasteiger partial charge in [0.15, 0.2) is 0 Å². The van der Waals surface area contributed by atoms with Crippen molar-refractivity contribution in [1.29, 1.82) is 0 Å². The van der Waals surface area contributed by atoms with E-state index in [1.54, 1.807) is 36.4 Å². The monoisotopic (exact) mass is 547 g/mol. The summed E-state index contributed by atoms with van der Waals surface area (Å²) in [5, 5.41) is 24.4. The second kappa shape index (κ2) is 14.8. The van der Waals surface area contributed by atoms with Crippen LogP contribution in [-0.4, -0.2) is 78.1 Å². The number of nitro groups is 1. The molecule has 0 spiro atoms. The van der Waals surface area contributed by atoms with Gasteiger partial charge in [0.2, 0.25) is 5.91 Å². The van der Waals surface area contributed by atoms with Crippen molar-refractivity contribution in [3.63, 3.8) is 0 Å². The van der Waals surface area contributed by atoms with E-state index < -0.39 is 28.8 Å². The summed E-state index contributed by atoms with van der Waals surface area (Å²) in [5.41, 5.74) is 8.42. The zero-order chi connectivity index (χ0) is 29.1. The molecule has 0 saturated heterocycles. The summed E-state index contributed by atoms with van der Waals surface area (Å²) in [6, 6.07) is 21.9. The fourth-order valence-corrected chi connectivity index (χ4v) is 4.65. The lowest BCUT2D eigenvalue weighted by atomic mass is 9.86. The van der Waals surface area contributed by atoms with Crippen LogP contribution in [0.15, 0.2) is 78.9 Å². The maximum Gasteiger partial charge on any atom is 0.318 e. The number of benzene rings is 3. The number of rotatable bonds is 14. The van der Waals surface area contributed by atoms with Crippen molar-refractivity contribution >= 4 is 17.6 Å². The second-order valence-corrected chi connectivity index (χ2v) is 9.87. The molecule has 0 aromatic heterocycles. The molecule has 2 unspecified atom stereocenters. The largest absolute Gasteiger partial charge is 0.395 e. The summed E-state index contributed by atoms with van der Waals surface area (Å²) in [5.74, 6) is -1.38. The number of hydrogen-bond donors (Lipinski definition) is 3. The summed E-state index contributed by atoms with van der Waals surface area (Å²) in [6.07, 6.45) is 0.972. The number of nitrogens with one attached hydrogen (secondary N) is 1. The van der Waals surface area contributed by atoms with Crippen molar-refractivity contribution in [2.75, 3.05) is 40.3 Å². The van der Waals surface area contributed by atoms with Crippen molar-refractivity contribution in [2.24, 2.45) is 5.73 Å². The topological polar surface area (TPSA) is 142 Å². The van der Waals surface area contributed by atoms with E-state index in [1.165, 1.54) is 11.0 Å². The molecule has 0 aliphatic rings. The average molecular weight is 548 g/mol. The fourth-order valence-electron chi connectivity index (χ4n) is 4.65. The standard InChI is InChI=1S/C30H37N5O5/c1-33(2)17-16-26(24-13-14-25(27(21-24)35(39)40)23-11-7-4-8-12-23)28(29(31)37)32-30(38)34(19-20-36)18-15-22-9-5-3-6-10-22/h3-14,21,26,28,36H,15-20H2,1-2H3,(H2,31,37)(H,32,38). The third-order valence-electron chi connectivity index (χ3n) is 6.78. The Bertz CT molecular complexity index is 1270. The summed E-state index contributed by atoms with van der Waals surface area (Å²) in [4.78, 5) is 41.1. The van der Waals surface area contributed by atoms with E-state index in [4.69, 9.17) is 5.73 Å². The molecule has 4 N–H and O–H groups in total. The van der Waals surface area contributed by atoms with Crippen molar-refractivity contribution in [3.05, 3.63) is 100 Å². The zero-order valence-electron chi connectivity index (χ0n) is 22.9. The van der Waals surface area contributed by atoms with Crippen LogP contribution in [0.4, 0.5) is 10.5 Å². The number of nitrogens with two attached hydrogens (primary N) is 1. The molecule has 3 aromatic carbocycles. The molecular weight excluding hydrogens is 510 g/mol. The maximum atomic E-state index is 13.3. The van der Waals surface area contributed by atoms with Crippen LogP contribution < -0.4 is 11.1 Å². The summed E-state index contributed by atoms with van der Waals surface area (Å²) in [6.45, 7) is 0.693. The Hall–Kier alpha value is -4.28. The van der Waals surface area contributed by atoms with Gasteiger partial charge >= 0.3 is 6.03 Å². The highest BCUT2D eigenvalue weighted by Gasteiger charge is 2.32. The van der Waals surface area contributed by atoms with Crippen molar-refractivity contribution in [3.8, 4) is 11.1 Å². The molecule has 10 nitrogen and oxygen atoms in total. The SMILES string of the molecule is CN(C)CCC(c1ccc(-c2ccccc2)c([N+](=O)[O-])c1)C(NC(=O)N(CCO)CCc1ccccc1)C(N)=O. The third kappa shape index (κ3) is 8.36. The molecule has 0 aliphatic carbocycles. The number of amides is 3. The number of carbonyl (C=O) groups is 2. The zero-order valence-corrected chi connectivity index (χ0v) is 22.9. The van der Waals surface area contributed by atoms with Crippen LogP contribution in [-0.2, 0) is 11.2 Å². The predicted molar refractivity (Wildman–Crippen MR) is 155 cm³/mol. The molecule has 0 saturated carbocycles. The van der Waals surface area contributed by atoms with E-state index in [-0.39, 0.29) is 18.8 Å². The van der Waals surface area contributed by atoms with Gasteiger partial charge in [-0.2, -0.15) is 0 Å². The van der Waals surface area contributed by atoms with Crippen LogP contribution in [0.1, 0.15) is 23.5 Å². The van der Waals surface area contributed by atoms with E-state index in [1.807, 2.05) is 55.4 Å². The number of aliphatic hydroxyl groups is 1. The smallest absolute Gasteiger partial charge is 0.318 e. The van der Waals surface area contributed by atoms with Gasteiger partial charge in [-0.3, -0.25) is 14.9 Å². The minimum absolute atomic E-state index is 0.0732. The molecule has 0 aliphatic heterocycles. The Kier molecular flexibility index (Phi) is 11.2. The molecular formula is C30H37N5O5. The number of carbonyl (C=O) groups excluding carboxylic acids is 2. The van der Waals surface area contributed by atoms with Crippen LogP contribution in [0.3, 0.4) is 0 Å². The molecule has 10 heteroatoms. The number of nitro benzene ring substituents is 1. The van der Waals surface area contributed by atoms with Crippen LogP contribution in [0.2, 0.25) is 0 Å². The number of urea groups is 1. The predicted octanol–water partition coefficient (Wildman–Crippen LogP) is 3.40. The first kappa shape index (κ1) is 30.3. The Labute approximate surface area is 234 Å².